The molecule has 0 saturated carbocycles. The second kappa shape index (κ2) is 4.44. The van der Waals surface area contributed by atoms with Crippen molar-refractivity contribution in [1.82, 2.24) is 19.7 Å². The summed E-state index contributed by atoms with van der Waals surface area (Å²) in [5.41, 5.74) is 11.2. The van der Waals surface area contributed by atoms with E-state index in [1.165, 1.54) is 17.1 Å². The molecule has 0 aliphatic rings. The molecule has 0 radical (unpaired) electrons. The molecule has 0 aromatic carbocycles. The maximum absolute atomic E-state index is 11.0. The molecule has 0 spiro atoms. The van der Waals surface area contributed by atoms with Crippen molar-refractivity contribution in [3.8, 4) is 5.82 Å². The number of hydrogen-bond acceptors (Lipinski definition) is 5. The molecule has 0 atom stereocenters. The summed E-state index contributed by atoms with van der Waals surface area (Å²) in [6.07, 6.45) is 2.89. The average Bonchev–Trinajstić information content (AvgIpc) is 2.77. The van der Waals surface area contributed by atoms with Crippen LogP contribution in [0.25, 0.3) is 5.82 Å². The van der Waals surface area contributed by atoms with Crippen molar-refractivity contribution in [3.63, 3.8) is 0 Å². The molecule has 7 heteroatoms. The Morgan fingerprint density at radius 3 is 2.67 bits per heavy atom. The third-order valence-corrected chi connectivity index (χ3v) is 2.37. The standard InChI is InChI=1S/C11H14N6O/c1-6(2)11-15-8(12)3-9(16-11)17-5-7(4-14-17)10(13)18/h3-6H,1-2H3,(H2,13,18)(H2,12,15,16). The molecule has 0 saturated heterocycles. The van der Waals surface area contributed by atoms with Crippen molar-refractivity contribution in [1.29, 1.82) is 0 Å². The van der Waals surface area contributed by atoms with Gasteiger partial charge in [0.05, 0.1) is 11.8 Å². The molecule has 7 nitrogen and oxygen atoms in total. The Morgan fingerprint density at radius 2 is 2.11 bits per heavy atom. The summed E-state index contributed by atoms with van der Waals surface area (Å²) in [5.74, 6) is 1.12. The van der Waals surface area contributed by atoms with E-state index in [2.05, 4.69) is 15.1 Å². The number of nitrogens with zero attached hydrogens (tertiary/aromatic N) is 4. The highest BCUT2D eigenvalue weighted by Crippen LogP contribution is 2.14. The number of nitrogens with two attached hydrogens (primary N) is 2. The second-order valence-electron chi connectivity index (χ2n) is 4.20. The zero-order valence-corrected chi connectivity index (χ0v) is 10.2. The predicted octanol–water partition coefficient (Wildman–Crippen LogP) is 0.467. The number of carbonyl (C=O) groups is 1. The van der Waals surface area contributed by atoms with Crippen LogP contribution in [0.1, 0.15) is 35.9 Å². The number of carbonyl (C=O) groups excluding carboxylic acids is 1. The predicted molar refractivity (Wildman–Crippen MR) is 66.2 cm³/mol. The van der Waals surface area contributed by atoms with Crippen molar-refractivity contribution in [3.05, 3.63) is 29.8 Å². The molecule has 4 N–H and O–H groups in total. The summed E-state index contributed by atoms with van der Waals surface area (Å²) in [6, 6.07) is 1.59. The van der Waals surface area contributed by atoms with Gasteiger partial charge in [0.25, 0.3) is 5.91 Å². The Kier molecular flexibility index (Phi) is 2.97. The smallest absolute Gasteiger partial charge is 0.251 e. The Bertz CT molecular complexity index is 589. The molecule has 94 valence electrons. The molecule has 0 aliphatic heterocycles. The zero-order valence-electron chi connectivity index (χ0n) is 10.2. The monoisotopic (exact) mass is 246 g/mol. The fourth-order valence-electron chi connectivity index (χ4n) is 1.42. The molecule has 0 fully saturated rings. The number of anilines is 1. The van der Waals surface area contributed by atoms with Gasteiger partial charge in [0.1, 0.15) is 11.6 Å². The second-order valence-corrected chi connectivity index (χ2v) is 4.20. The van der Waals surface area contributed by atoms with Gasteiger partial charge in [0.2, 0.25) is 0 Å². The first-order valence-corrected chi connectivity index (χ1v) is 5.46. The summed E-state index contributed by atoms with van der Waals surface area (Å²) < 4.78 is 1.45. The van der Waals surface area contributed by atoms with Gasteiger partial charge in [-0.3, -0.25) is 4.79 Å². The van der Waals surface area contributed by atoms with Gasteiger partial charge in [-0.2, -0.15) is 5.10 Å². The van der Waals surface area contributed by atoms with E-state index in [0.29, 0.717) is 23.0 Å². The molecule has 18 heavy (non-hydrogen) atoms. The van der Waals surface area contributed by atoms with Gasteiger partial charge >= 0.3 is 0 Å². The number of amides is 1. The molecule has 0 aliphatic carbocycles. The molecule has 0 bridgehead atoms. The first kappa shape index (κ1) is 12.0. The highest BCUT2D eigenvalue weighted by atomic mass is 16.1. The van der Waals surface area contributed by atoms with Gasteiger partial charge in [-0.1, -0.05) is 13.8 Å². The highest BCUT2D eigenvalue weighted by molar-refractivity contribution is 5.92. The molecule has 2 aromatic heterocycles. The lowest BCUT2D eigenvalue weighted by atomic mass is 10.2. The van der Waals surface area contributed by atoms with E-state index in [4.69, 9.17) is 11.5 Å². The summed E-state index contributed by atoms with van der Waals surface area (Å²) in [6.45, 7) is 3.94. The van der Waals surface area contributed by atoms with E-state index >= 15 is 0 Å². The molecule has 1 amide bonds. The van der Waals surface area contributed by atoms with Crippen LogP contribution < -0.4 is 11.5 Å². The van der Waals surface area contributed by atoms with E-state index in [0.717, 1.165) is 0 Å². The normalized spacial score (nSPS) is 10.8. The largest absolute Gasteiger partial charge is 0.384 e. The van der Waals surface area contributed by atoms with Crippen molar-refractivity contribution >= 4 is 11.7 Å². The third kappa shape index (κ3) is 2.29. The lowest BCUT2D eigenvalue weighted by molar-refractivity contribution is 0.100. The maximum atomic E-state index is 11.0. The van der Waals surface area contributed by atoms with Crippen LogP contribution in [0.3, 0.4) is 0 Å². The van der Waals surface area contributed by atoms with Crippen molar-refractivity contribution in [2.45, 2.75) is 19.8 Å². The number of nitrogen functional groups attached to an aromatic ring is 1. The van der Waals surface area contributed by atoms with Crippen LogP contribution in [-0.2, 0) is 0 Å². The summed E-state index contributed by atoms with van der Waals surface area (Å²) in [5, 5.41) is 4.02. The summed E-state index contributed by atoms with van der Waals surface area (Å²) >= 11 is 0. The number of aromatic nitrogens is 4. The van der Waals surface area contributed by atoms with Gasteiger partial charge in [0, 0.05) is 18.2 Å². The topological polar surface area (TPSA) is 113 Å². The minimum Gasteiger partial charge on any atom is -0.384 e. The first-order valence-electron chi connectivity index (χ1n) is 5.46. The van der Waals surface area contributed by atoms with Gasteiger partial charge < -0.3 is 11.5 Å². The van der Waals surface area contributed by atoms with Crippen molar-refractivity contribution < 1.29 is 4.79 Å². The molecule has 0 unspecified atom stereocenters. The van der Waals surface area contributed by atoms with Crippen LogP contribution in [0, 0.1) is 0 Å². The van der Waals surface area contributed by atoms with E-state index in [9.17, 15) is 4.79 Å². The minimum absolute atomic E-state index is 0.151. The summed E-state index contributed by atoms with van der Waals surface area (Å²) in [4.78, 5) is 19.5. The van der Waals surface area contributed by atoms with Gasteiger partial charge in [-0.05, 0) is 0 Å². The van der Waals surface area contributed by atoms with Gasteiger partial charge in [-0.25, -0.2) is 14.6 Å². The van der Waals surface area contributed by atoms with Crippen LogP contribution in [0.5, 0.6) is 0 Å². The minimum atomic E-state index is -0.535. The molecule has 2 aromatic rings. The SMILES string of the molecule is CC(C)c1nc(N)cc(-n2cc(C(N)=O)cn2)n1. The lowest BCUT2D eigenvalue weighted by Crippen LogP contribution is -2.10. The van der Waals surface area contributed by atoms with Crippen molar-refractivity contribution in [2.24, 2.45) is 5.73 Å². The quantitative estimate of drug-likeness (QED) is 0.817. The molecular formula is C11H14N6O. The fraction of sp³-hybridized carbons (Fsp3) is 0.273. The van der Waals surface area contributed by atoms with Gasteiger partial charge in [0.15, 0.2) is 5.82 Å². The zero-order chi connectivity index (χ0) is 13.3. The lowest BCUT2D eigenvalue weighted by Gasteiger charge is -2.07. The fourth-order valence-corrected chi connectivity index (χ4v) is 1.42. The molecule has 2 rings (SSSR count). The van der Waals surface area contributed by atoms with Crippen LogP contribution in [0.2, 0.25) is 0 Å². The number of primary amides is 1. The highest BCUT2D eigenvalue weighted by Gasteiger charge is 2.10. The van der Waals surface area contributed by atoms with Crippen molar-refractivity contribution in [2.75, 3.05) is 5.73 Å². The Labute approximate surface area is 104 Å². The van der Waals surface area contributed by atoms with E-state index < -0.39 is 5.91 Å². The third-order valence-electron chi connectivity index (χ3n) is 2.37. The molecule has 2 heterocycles. The average molecular weight is 246 g/mol. The van der Waals surface area contributed by atoms with Gasteiger partial charge in [-0.15, -0.1) is 0 Å². The van der Waals surface area contributed by atoms with Crippen LogP contribution in [0.4, 0.5) is 5.82 Å². The first-order chi connectivity index (χ1) is 8.47. The van der Waals surface area contributed by atoms with Crippen LogP contribution >= 0.6 is 0 Å². The van der Waals surface area contributed by atoms with E-state index in [-0.39, 0.29) is 5.92 Å². The Hall–Kier alpha value is -2.44. The molecular weight excluding hydrogens is 232 g/mol. The number of hydrogen-bond donors (Lipinski definition) is 2. The van der Waals surface area contributed by atoms with Crippen LogP contribution in [0.15, 0.2) is 18.5 Å². The van der Waals surface area contributed by atoms with Crippen LogP contribution in [-0.4, -0.2) is 25.7 Å². The van der Waals surface area contributed by atoms with E-state index in [1.54, 1.807) is 6.07 Å². The number of rotatable bonds is 3. The Morgan fingerprint density at radius 1 is 1.39 bits per heavy atom. The van der Waals surface area contributed by atoms with E-state index in [1.807, 2.05) is 13.8 Å². The summed E-state index contributed by atoms with van der Waals surface area (Å²) in [7, 11) is 0. The maximum Gasteiger partial charge on any atom is 0.251 e. The Balaban J connectivity index is 2.46.